The van der Waals surface area contributed by atoms with E-state index in [1.165, 1.54) is 22.8 Å². The van der Waals surface area contributed by atoms with E-state index in [0.29, 0.717) is 11.5 Å². The Bertz CT molecular complexity index is 1420. The average Bonchev–Trinajstić information content (AvgIpc) is 3.43. The summed E-state index contributed by atoms with van der Waals surface area (Å²) in [5.41, 5.74) is 2.18. The van der Waals surface area contributed by atoms with Gasteiger partial charge in [0, 0.05) is 32.8 Å². The third kappa shape index (κ3) is 6.99. The van der Waals surface area contributed by atoms with Gasteiger partial charge in [0.2, 0.25) is 10.0 Å². The summed E-state index contributed by atoms with van der Waals surface area (Å²) in [5.74, 6) is 0.0436. The van der Waals surface area contributed by atoms with Crippen molar-refractivity contribution >= 4 is 21.8 Å². The predicted octanol–water partition coefficient (Wildman–Crippen LogP) is 3.66. The van der Waals surface area contributed by atoms with Crippen LogP contribution in [0.4, 0.5) is 5.82 Å². The zero-order valence-corrected chi connectivity index (χ0v) is 21.4. The quantitative estimate of drug-likeness (QED) is 0.297. The highest BCUT2D eigenvalue weighted by atomic mass is 32.2. The second-order valence-corrected chi connectivity index (χ2v) is 10.4. The van der Waals surface area contributed by atoms with E-state index in [4.69, 9.17) is 4.74 Å². The minimum atomic E-state index is -3.88. The number of sulfonamides is 1. The van der Waals surface area contributed by atoms with E-state index in [9.17, 15) is 13.2 Å². The minimum Gasteiger partial charge on any atom is -0.462 e. The molecule has 0 saturated heterocycles. The van der Waals surface area contributed by atoms with Crippen molar-refractivity contribution in [2.45, 2.75) is 37.9 Å². The number of carbonyl (C=O) groups excluding carboxylic acids is 1. The van der Waals surface area contributed by atoms with Gasteiger partial charge in [-0.1, -0.05) is 18.2 Å². The van der Waals surface area contributed by atoms with Crippen molar-refractivity contribution in [1.82, 2.24) is 24.1 Å². The zero-order chi connectivity index (χ0) is 26.3. The van der Waals surface area contributed by atoms with Gasteiger partial charge in [-0.05, 0) is 61.9 Å². The molecule has 194 valence electrons. The van der Waals surface area contributed by atoms with Crippen LogP contribution >= 0.6 is 0 Å². The van der Waals surface area contributed by atoms with E-state index in [-0.39, 0.29) is 32.1 Å². The molecule has 1 N–H and O–H groups in total. The Labute approximate surface area is 217 Å². The summed E-state index contributed by atoms with van der Waals surface area (Å²) in [4.78, 5) is 20.4. The maximum absolute atomic E-state index is 13.6. The number of nitrogens with one attached hydrogen (secondary N) is 1. The van der Waals surface area contributed by atoms with Crippen LogP contribution in [0, 0.1) is 0 Å². The van der Waals surface area contributed by atoms with Gasteiger partial charge in [-0.25, -0.2) is 18.1 Å². The van der Waals surface area contributed by atoms with Crippen molar-refractivity contribution in [3.63, 3.8) is 0 Å². The zero-order valence-electron chi connectivity index (χ0n) is 20.6. The Morgan fingerprint density at radius 2 is 1.86 bits per heavy atom. The number of nitrogens with zero attached hydrogens (tertiary/aromatic N) is 5. The highest BCUT2D eigenvalue weighted by molar-refractivity contribution is 7.89. The number of carbonyl (C=O) groups is 1. The van der Waals surface area contributed by atoms with Gasteiger partial charge < -0.3 is 10.1 Å². The molecule has 0 unspecified atom stereocenters. The molecular formula is C26H30N6O4S. The molecule has 0 atom stereocenters. The van der Waals surface area contributed by atoms with E-state index < -0.39 is 16.0 Å². The number of hydrogen-bond acceptors (Lipinski definition) is 8. The fraction of sp³-hybridized carbons (Fsp3) is 0.231. The number of hydrogen-bond donors (Lipinski definition) is 1. The van der Waals surface area contributed by atoms with Gasteiger partial charge in [0.25, 0.3) is 0 Å². The molecule has 11 heteroatoms. The average molecular weight is 523 g/mol. The van der Waals surface area contributed by atoms with E-state index >= 15 is 0 Å². The van der Waals surface area contributed by atoms with Crippen LogP contribution < -0.4 is 5.32 Å². The molecule has 1 aromatic carbocycles. The second kappa shape index (κ2) is 11.8. The molecular weight excluding hydrogens is 492 g/mol. The molecule has 10 nitrogen and oxygen atoms in total. The van der Waals surface area contributed by atoms with Gasteiger partial charge in [-0.15, -0.1) is 0 Å². The fourth-order valence-corrected chi connectivity index (χ4v) is 4.93. The summed E-state index contributed by atoms with van der Waals surface area (Å²) in [5, 5.41) is 7.15. The molecule has 4 rings (SSSR count). The van der Waals surface area contributed by atoms with E-state index in [1.54, 1.807) is 49.0 Å². The van der Waals surface area contributed by atoms with Gasteiger partial charge in [0.15, 0.2) is 0 Å². The lowest BCUT2D eigenvalue weighted by molar-refractivity contribution is -0.145. The first-order chi connectivity index (χ1) is 17.8. The lowest BCUT2D eigenvalue weighted by atomic mass is 10.2. The smallest absolute Gasteiger partial charge is 0.325 e. The predicted molar refractivity (Wildman–Crippen MR) is 140 cm³/mol. The lowest BCUT2D eigenvalue weighted by Gasteiger charge is -2.22. The van der Waals surface area contributed by atoms with Gasteiger partial charge >= 0.3 is 5.97 Å². The van der Waals surface area contributed by atoms with Crippen molar-refractivity contribution in [3.05, 3.63) is 96.7 Å². The maximum atomic E-state index is 13.6. The fourth-order valence-electron chi connectivity index (χ4n) is 3.57. The Morgan fingerprint density at radius 3 is 2.54 bits per heavy atom. The molecule has 0 bridgehead atoms. The van der Waals surface area contributed by atoms with Crippen molar-refractivity contribution in [2.75, 3.05) is 11.9 Å². The normalized spacial score (nSPS) is 11.6. The molecule has 0 amide bonds. The number of ether oxygens (including phenoxy) is 1. The number of aromatic nitrogens is 4. The summed E-state index contributed by atoms with van der Waals surface area (Å²) < 4.78 is 35.3. The number of anilines is 1. The molecule has 0 aliphatic heterocycles. The molecule has 3 heterocycles. The Hall–Kier alpha value is -4.09. The topological polar surface area (TPSA) is 119 Å². The lowest BCUT2D eigenvalue weighted by Crippen LogP contribution is -2.31. The van der Waals surface area contributed by atoms with Crippen molar-refractivity contribution < 1.29 is 19.4 Å². The van der Waals surface area contributed by atoms with Crippen molar-refractivity contribution in [2.24, 2.45) is 0 Å². The largest absolute Gasteiger partial charge is 0.462 e. The summed E-state index contributed by atoms with van der Waals surface area (Å²) >= 11 is 0. The van der Waals surface area contributed by atoms with Crippen LogP contribution in [-0.2, 0) is 32.6 Å². The first-order valence-electron chi connectivity index (χ1n) is 11.7. The summed E-state index contributed by atoms with van der Waals surface area (Å²) in [7, 11) is -3.88. The number of esters is 1. The highest BCUT2D eigenvalue weighted by Crippen LogP contribution is 2.21. The van der Waals surface area contributed by atoms with Crippen LogP contribution in [0.3, 0.4) is 0 Å². The van der Waals surface area contributed by atoms with Crippen LogP contribution in [0.5, 0.6) is 0 Å². The molecule has 0 aliphatic carbocycles. The van der Waals surface area contributed by atoms with Crippen LogP contribution in [0.1, 0.15) is 26.5 Å². The van der Waals surface area contributed by atoms with Crippen LogP contribution in [0.25, 0.3) is 5.69 Å². The number of pyridine rings is 2. The first-order valence-corrected chi connectivity index (χ1v) is 13.1. The van der Waals surface area contributed by atoms with Crippen molar-refractivity contribution in [3.8, 4) is 5.69 Å². The summed E-state index contributed by atoms with van der Waals surface area (Å²) in [6, 6.07) is 17.6. The maximum Gasteiger partial charge on any atom is 0.325 e. The summed E-state index contributed by atoms with van der Waals surface area (Å²) in [6.07, 6.45) is 6.17. The number of rotatable bonds is 11. The standard InChI is InChI=1S/C26H28N6O4S.H2/c1-20(2)36-26(33)17-28-25-8-3-6-22(30-25)19-31(37(34,35)24-7-4-13-27-16-24)18-21-9-11-23(12-10-21)32-15-5-14-29-32;/h3-16,20H,17-19H2,1-2H3,(H,28,30);1H. The number of benzene rings is 1. The van der Waals surface area contributed by atoms with Gasteiger partial charge in [-0.3, -0.25) is 9.78 Å². The van der Waals surface area contributed by atoms with Gasteiger partial charge in [-0.2, -0.15) is 9.40 Å². The second-order valence-electron chi connectivity index (χ2n) is 8.49. The molecule has 4 aromatic rings. The molecule has 0 aliphatic rings. The third-order valence-electron chi connectivity index (χ3n) is 5.26. The van der Waals surface area contributed by atoms with Crippen LogP contribution in [0.15, 0.2) is 90.3 Å². The van der Waals surface area contributed by atoms with Crippen LogP contribution in [0.2, 0.25) is 0 Å². The minimum absolute atomic E-state index is 0. The van der Waals surface area contributed by atoms with Gasteiger partial charge in [0.05, 0.1) is 24.0 Å². The van der Waals surface area contributed by atoms with E-state index in [1.807, 2.05) is 36.5 Å². The molecule has 0 fully saturated rings. The van der Waals surface area contributed by atoms with E-state index in [2.05, 4.69) is 20.4 Å². The monoisotopic (exact) mass is 522 g/mol. The molecule has 0 saturated carbocycles. The van der Waals surface area contributed by atoms with Crippen molar-refractivity contribution in [1.29, 1.82) is 0 Å². The highest BCUT2D eigenvalue weighted by Gasteiger charge is 2.26. The van der Waals surface area contributed by atoms with Gasteiger partial charge in [0.1, 0.15) is 17.3 Å². The molecule has 0 spiro atoms. The molecule has 0 radical (unpaired) electrons. The first kappa shape index (κ1) is 26.0. The Kier molecular flexibility index (Phi) is 8.26. The third-order valence-corrected chi connectivity index (χ3v) is 7.04. The SMILES string of the molecule is CC(C)OC(=O)CNc1cccc(CN(Cc2ccc(-n3cccn3)cc2)S(=O)(=O)c2cccnc2)n1.[HH]. The Morgan fingerprint density at radius 1 is 1.05 bits per heavy atom. The molecule has 37 heavy (non-hydrogen) atoms. The Balaban J connectivity index is 0.00000400. The summed E-state index contributed by atoms with van der Waals surface area (Å²) in [6.45, 7) is 3.65. The van der Waals surface area contributed by atoms with Crippen LogP contribution in [-0.4, -0.2) is 51.1 Å². The molecule has 3 aromatic heterocycles. The van der Waals surface area contributed by atoms with E-state index in [0.717, 1.165) is 11.3 Å².